The van der Waals surface area contributed by atoms with Gasteiger partial charge in [0.2, 0.25) is 0 Å². The molecule has 8 heteroatoms. The van der Waals surface area contributed by atoms with E-state index in [4.69, 9.17) is 4.74 Å². The van der Waals surface area contributed by atoms with Crippen molar-refractivity contribution in [1.29, 1.82) is 0 Å². The molecule has 3 heterocycles. The lowest BCUT2D eigenvalue weighted by Gasteiger charge is -2.11. The number of nitrogens with zero attached hydrogens (tertiary/aromatic N) is 1. The Bertz CT molecular complexity index is 1180. The highest BCUT2D eigenvalue weighted by Gasteiger charge is 2.28. The number of hydrogen-bond donors (Lipinski definition) is 4. The largest absolute Gasteiger partial charge is 0.456 e. The van der Waals surface area contributed by atoms with E-state index >= 15 is 0 Å². The fourth-order valence-electron chi connectivity index (χ4n) is 3.32. The Morgan fingerprint density at radius 3 is 2.83 bits per heavy atom. The van der Waals surface area contributed by atoms with E-state index in [0.717, 1.165) is 23.9 Å². The standard InChI is InChI=1S/C21H18FN5O2/c22-15-10-13(5-6-16(15)26-21(28)27-18-2-1-8-23-18)29-17-7-9-24-20-19(17)14(11-25-20)12-3-4-12/h1-2,5-12,23H,3-4H2,(H,24,25)(H2,26,27,28). The number of carbonyl (C=O) groups excluding carboxylic acids is 1. The molecule has 146 valence electrons. The Morgan fingerprint density at radius 2 is 2.07 bits per heavy atom. The van der Waals surface area contributed by atoms with Crippen LogP contribution >= 0.6 is 0 Å². The molecule has 7 nitrogen and oxygen atoms in total. The molecule has 1 aliphatic carbocycles. The van der Waals surface area contributed by atoms with Gasteiger partial charge in [-0.3, -0.25) is 5.32 Å². The quantitative estimate of drug-likeness (QED) is 0.370. The number of nitrogens with one attached hydrogen (secondary N) is 4. The van der Waals surface area contributed by atoms with Crippen LogP contribution in [-0.4, -0.2) is 21.0 Å². The van der Waals surface area contributed by atoms with Crippen molar-refractivity contribution in [2.45, 2.75) is 18.8 Å². The summed E-state index contributed by atoms with van der Waals surface area (Å²) in [6.07, 6.45) is 7.61. The van der Waals surface area contributed by atoms with Crippen LogP contribution < -0.4 is 15.4 Å². The van der Waals surface area contributed by atoms with Gasteiger partial charge in [-0.25, -0.2) is 14.2 Å². The first-order chi connectivity index (χ1) is 14.2. The number of halogens is 1. The maximum absolute atomic E-state index is 14.5. The molecule has 0 unspecified atom stereocenters. The highest BCUT2D eigenvalue weighted by atomic mass is 19.1. The normalized spacial score (nSPS) is 13.4. The molecule has 2 amide bonds. The van der Waals surface area contributed by atoms with Crippen molar-refractivity contribution in [2.24, 2.45) is 0 Å². The first kappa shape index (κ1) is 17.3. The van der Waals surface area contributed by atoms with E-state index in [1.165, 1.54) is 17.7 Å². The molecule has 1 aliphatic rings. The van der Waals surface area contributed by atoms with Crippen LogP contribution in [0.5, 0.6) is 11.5 Å². The number of carbonyl (C=O) groups is 1. The van der Waals surface area contributed by atoms with E-state index < -0.39 is 11.8 Å². The molecule has 4 aromatic rings. The molecular formula is C21H18FN5O2. The summed E-state index contributed by atoms with van der Waals surface area (Å²) < 4.78 is 20.5. The van der Waals surface area contributed by atoms with Gasteiger partial charge in [0, 0.05) is 24.7 Å². The topological polar surface area (TPSA) is 94.8 Å². The first-order valence-corrected chi connectivity index (χ1v) is 9.32. The number of aromatic nitrogens is 3. The van der Waals surface area contributed by atoms with Gasteiger partial charge in [-0.1, -0.05) is 0 Å². The minimum Gasteiger partial charge on any atom is -0.456 e. The number of aromatic amines is 2. The minimum absolute atomic E-state index is 0.0570. The van der Waals surface area contributed by atoms with Gasteiger partial charge in [-0.15, -0.1) is 0 Å². The molecule has 29 heavy (non-hydrogen) atoms. The second kappa shape index (κ2) is 6.97. The zero-order valence-electron chi connectivity index (χ0n) is 15.3. The van der Waals surface area contributed by atoms with E-state index in [-0.39, 0.29) is 5.69 Å². The summed E-state index contributed by atoms with van der Waals surface area (Å²) in [5.74, 6) is 1.42. The third kappa shape index (κ3) is 3.52. The summed E-state index contributed by atoms with van der Waals surface area (Å²) in [4.78, 5) is 22.3. The fraction of sp³-hybridized carbons (Fsp3) is 0.143. The molecule has 1 fully saturated rings. The summed E-state index contributed by atoms with van der Waals surface area (Å²) in [7, 11) is 0. The van der Waals surface area contributed by atoms with Gasteiger partial charge in [0.15, 0.2) is 0 Å². The predicted octanol–water partition coefficient (Wildman–Crippen LogP) is 5.34. The Balaban J connectivity index is 1.35. The Labute approximate surface area is 165 Å². The van der Waals surface area contributed by atoms with Crippen molar-refractivity contribution in [2.75, 3.05) is 10.6 Å². The van der Waals surface area contributed by atoms with Crippen LogP contribution in [0, 0.1) is 5.82 Å². The molecule has 3 aromatic heterocycles. The van der Waals surface area contributed by atoms with Gasteiger partial charge >= 0.3 is 6.03 Å². The van der Waals surface area contributed by atoms with Crippen molar-refractivity contribution in [3.8, 4) is 11.5 Å². The Morgan fingerprint density at radius 1 is 1.17 bits per heavy atom. The third-order valence-corrected chi connectivity index (χ3v) is 4.85. The highest BCUT2D eigenvalue weighted by Crippen LogP contribution is 2.45. The van der Waals surface area contributed by atoms with Gasteiger partial charge in [0.25, 0.3) is 0 Å². The molecule has 1 saturated carbocycles. The second-order valence-electron chi connectivity index (χ2n) is 6.96. The molecule has 1 aromatic carbocycles. The van der Waals surface area contributed by atoms with E-state index in [2.05, 4.69) is 25.6 Å². The fourth-order valence-corrected chi connectivity index (χ4v) is 3.32. The average Bonchev–Trinajstić information content (AvgIpc) is 3.24. The van der Waals surface area contributed by atoms with Crippen LogP contribution in [0.2, 0.25) is 0 Å². The van der Waals surface area contributed by atoms with Crippen LogP contribution in [0.4, 0.5) is 20.7 Å². The van der Waals surface area contributed by atoms with Crippen LogP contribution in [-0.2, 0) is 0 Å². The van der Waals surface area contributed by atoms with Gasteiger partial charge in [0.05, 0.1) is 11.1 Å². The molecule has 4 N–H and O–H groups in total. The molecule has 5 rings (SSSR count). The number of H-pyrrole nitrogens is 2. The van der Waals surface area contributed by atoms with E-state index in [1.54, 1.807) is 36.7 Å². The zero-order valence-corrected chi connectivity index (χ0v) is 15.3. The van der Waals surface area contributed by atoms with Crippen molar-refractivity contribution in [3.63, 3.8) is 0 Å². The minimum atomic E-state index is -0.592. The van der Waals surface area contributed by atoms with Crippen LogP contribution in [0.25, 0.3) is 11.0 Å². The number of amides is 2. The van der Waals surface area contributed by atoms with Gasteiger partial charge in [-0.2, -0.15) is 0 Å². The lowest BCUT2D eigenvalue weighted by Crippen LogP contribution is -2.20. The van der Waals surface area contributed by atoms with E-state index in [0.29, 0.717) is 23.2 Å². The maximum atomic E-state index is 14.5. The lowest BCUT2D eigenvalue weighted by atomic mass is 10.1. The summed E-state index contributed by atoms with van der Waals surface area (Å²) >= 11 is 0. The van der Waals surface area contributed by atoms with Crippen LogP contribution in [0.3, 0.4) is 0 Å². The molecule has 0 spiro atoms. The van der Waals surface area contributed by atoms with Gasteiger partial charge in [0.1, 0.15) is 28.8 Å². The summed E-state index contributed by atoms with van der Waals surface area (Å²) in [6, 6.07) is 9.00. The molecular weight excluding hydrogens is 373 g/mol. The monoisotopic (exact) mass is 391 g/mol. The van der Waals surface area contributed by atoms with Crippen LogP contribution in [0.1, 0.15) is 24.3 Å². The van der Waals surface area contributed by atoms with Crippen molar-refractivity contribution >= 4 is 28.6 Å². The predicted molar refractivity (Wildman–Crippen MR) is 108 cm³/mol. The molecule has 0 saturated heterocycles. The highest BCUT2D eigenvalue weighted by molar-refractivity contribution is 5.99. The van der Waals surface area contributed by atoms with Crippen molar-refractivity contribution in [1.82, 2.24) is 15.0 Å². The van der Waals surface area contributed by atoms with Gasteiger partial charge < -0.3 is 20.0 Å². The maximum Gasteiger partial charge on any atom is 0.324 e. The molecule has 0 bridgehead atoms. The summed E-state index contributed by atoms with van der Waals surface area (Å²) in [5, 5.41) is 5.99. The summed E-state index contributed by atoms with van der Waals surface area (Å²) in [5.41, 5.74) is 1.99. The number of fused-ring (bicyclic) bond motifs is 1. The second-order valence-corrected chi connectivity index (χ2v) is 6.96. The number of pyridine rings is 1. The van der Waals surface area contributed by atoms with Crippen molar-refractivity contribution < 1.29 is 13.9 Å². The first-order valence-electron chi connectivity index (χ1n) is 9.32. The SMILES string of the molecule is O=C(Nc1ccc[nH]1)Nc1ccc(Oc2ccnc3[nH]cc(C4CC4)c23)cc1F. The van der Waals surface area contributed by atoms with E-state index in [9.17, 15) is 9.18 Å². The molecule has 0 atom stereocenters. The van der Waals surface area contributed by atoms with E-state index in [1.807, 2.05) is 6.20 Å². The number of rotatable bonds is 5. The lowest BCUT2D eigenvalue weighted by molar-refractivity contribution is 0.262. The number of benzene rings is 1. The number of ether oxygens (including phenoxy) is 1. The van der Waals surface area contributed by atoms with Crippen molar-refractivity contribution in [3.05, 3.63) is 66.4 Å². The summed E-state index contributed by atoms with van der Waals surface area (Å²) in [6.45, 7) is 0. The number of anilines is 2. The third-order valence-electron chi connectivity index (χ3n) is 4.85. The average molecular weight is 391 g/mol. The van der Waals surface area contributed by atoms with Gasteiger partial charge in [-0.05, 0) is 54.7 Å². The number of urea groups is 1. The number of hydrogen-bond acceptors (Lipinski definition) is 3. The molecule has 0 radical (unpaired) electrons. The smallest absolute Gasteiger partial charge is 0.324 e. The van der Waals surface area contributed by atoms with Crippen LogP contribution in [0.15, 0.2) is 55.0 Å². The Hall–Kier alpha value is -3.81. The Kier molecular flexibility index (Phi) is 4.16. The molecule has 0 aliphatic heterocycles. The zero-order chi connectivity index (χ0) is 19.8.